The molecular weight excluding hydrogens is 232 g/mol. The van der Waals surface area contributed by atoms with Gasteiger partial charge in [0.1, 0.15) is 0 Å². The summed E-state index contributed by atoms with van der Waals surface area (Å²) >= 11 is 1.68. The predicted octanol–water partition coefficient (Wildman–Crippen LogP) is 2.17. The van der Waals surface area contributed by atoms with Crippen molar-refractivity contribution in [1.82, 2.24) is 5.32 Å². The second kappa shape index (κ2) is 6.17. The van der Waals surface area contributed by atoms with Gasteiger partial charge >= 0.3 is 0 Å². The van der Waals surface area contributed by atoms with Crippen molar-refractivity contribution in [2.75, 3.05) is 6.54 Å². The Balaban J connectivity index is 2.51. The Labute approximate surface area is 107 Å². The molecule has 0 radical (unpaired) electrons. The summed E-state index contributed by atoms with van der Waals surface area (Å²) in [5, 5.41) is 7.22. The minimum atomic E-state index is -0.442. The highest BCUT2D eigenvalue weighted by Gasteiger charge is 2.30. The minimum absolute atomic E-state index is 0.0604. The van der Waals surface area contributed by atoms with Crippen LogP contribution >= 0.6 is 11.3 Å². The van der Waals surface area contributed by atoms with Crippen molar-refractivity contribution in [2.24, 2.45) is 11.1 Å². The molecule has 2 atom stereocenters. The fourth-order valence-electron chi connectivity index (χ4n) is 1.61. The summed E-state index contributed by atoms with van der Waals surface area (Å²) in [6.45, 7) is 6.33. The number of nitrogens with one attached hydrogen (secondary N) is 1. The van der Waals surface area contributed by atoms with Crippen LogP contribution in [0.4, 0.5) is 0 Å². The summed E-state index contributed by atoms with van der Waals surface area (Å²) in [6, 6.07) is 2.24. The van der Waals surface area contributed by atoms with E-state index in [2.05, 4.69) is 22.1 Å². The van der Waals surface area contributed by atoms with Crippen LogP contribution in [0.5, 0.6) is 0 Å². The Morgan fingerprint density at radius 3 is 2.82 bits per heavy atom. The van der Waals surface area contributed by atoms with Crippen LogP contribution in [0.2, 0.25) is 0 Å². The number of carbonyl (C=O) groups is 1. The van der Waals surface area contributed by atoms with Crippen molar-refractivity contribution in [1.29, 1.82) is 0 Å². The molecule has 3 N–H and O–H groups in total. The smallest absolute Gasteiger partial charge is 0.227 e. The predicted molar refractivity (Wildman–Crippen MR) is 73.1 cm³/mol. The van der Waals surface area contributed by atoms with E-state index in [9.17, 15) is 4.79 Å². The Kier molecular flexibility index (Phi) is 5.15. The molecule has 0 saturated heterocycles. The monoisotopic (exact) mass is 254 g/mol. The molecule has 0 aliphatic rings. The fourth-order valence-corrected chi connectivity index (χ4v) is 2.29. The SMILES string of the molecule is CCC(C)(CN)C(=O)NC(C)Cc1ccsc1. The van der Waals surface area contributed by atoms with Gasteiger partial charge in [-0.15, -0.1) is 0 Å². The Bertz CT molecular complexity index is 344. The second-order valence-corrected chi connectivity index (χ2v) is 5.61. The molecule has 0 fully saturated rings. The third-order valence-electron chi connectivity index (χ3n) is 3.28. The zero-order valence-electron chi connectivity index (χ0n) is 10.8. The van der Waals surface area contributed by atoms with Crippen LogP contribution in [0.25, 0.3) is 0 Å². The highest BCUT2D eigenvalue weighted by Crippen LogP contribution is 2.19. The van der Waals surface area contributed by atoms with Crippen molar-refractivity contribution in [2.45, 2.75) is 39.7 Å². The molecule has 0 bridgehead atoms. The normalized spacial score (nSPS) is 16.2. The molecule has 3 nitrogen and oxygen atoms in total. The maximum Gasteiger partial charge on any atom is 0.227 e. The summed E-state index contributed by atoms with van der Waals surface area (Å²) in [4.78, 5) is 12.1. The highest BCUT2D eigenvalue weighted by molar-refractivity contribution is 7.07. The number of hydrogen-bond donors (Lipinski definition) is 2. The van der Waals surface area contributed by atoms with E-state index in [1.54, 1.807) is 11.3 Å². The first-order valence-electron chi connectivity index (χ1n) is 6.04. The van der Waals surface area contributed by atoms with Gasteiger partial charge in [-0.3, -0.25) is 4.79 Å². The molecule has 1 heterocycles. The van der Waals surface area contributed by atoms with E-state index in [-0.39, 0.29) is 11.9 Å². The Hall–Kier alpha value is -0.870. The lowest BCUT2D eigenvalue weighted by Gasteiger charge is -2.27. The number of amides is 1. The largest absolute Gasteiger partial charge is 0.353 e. The molecule has 1 aromatic rings. The Morgan fingerprint density at radius 2 is 2.35 bits per heavy atom. The summed E-state index contributed by atoms with van der Waals surface area (Å²) in [5.41, 5.74) is 6.50. The standard InChI is InChI=1S/C13H22N2OS/c1-4-13(3,9-14)12(16)15-10(2)7-11-5-6-17-8-11/h5-6,8,10H,4,7,9,14H2,1-3H3,(H,15,16). The van der Waals surface area contributed by atoms with E-state index >= 15 is 0 Å². The van der Waals surface area contributed by atoms with Crippen LogP contribution in [0.15, 0.2) is 16.8 Å². The van der Waals surface area contributed by atoms with E-state index in [4.69, 9.17) is 5.73 Å². The second-order valence-electron chi connectivity index (χ2n) is 4.83. The number of carbonyl (C=O) groups excluding carboxylic acids is 1. The van der Waals surface area contributed by atoms with Crippen LogP contribution in [-0.4, -0.2) is 18.5 Å². The van der Waals surface area contributed by atoms with Gasteiger partial charge in [0, 0.05) is 12.6 Å². The van der Waals surface area contributed by atoms with Crippen LogP contribution in [0.3, 0.4) is 0 Å². The number of hydrogen-bond acceptors (Lipinski definition) is 3. The zero-order valence-corrected chi connectivity index (χ0v) is 11.6. The van der Waals surface area contributed by atoms with E-state index in [1.807, 2.05) is 20.8 Å². The Morgan fingerprint density at radius 1 is 1.65 bits per heavy atom. The zero-order chi connectivity index (χ0) is 12.9. The molecule has 0 spiro atoms. The first-order chi connectivity index (χ1) is 8.01. The summed E-state index contributed by atoms with van der Waals surface area (Å²) < 4.78 is 0. The fraction of sp³-hybridized carbons (Fsp3) is 0.615. The van der Waals surface area contributed by atoms with Crippen molar-refractivity contribution in [3.63, 3.8) is 0 Å². The van der Waals surface area contributed by atoms with Gasteiger partial charge in [0.05, 0.1) is 5.41 Å². The average molecular weight is 254 g/mol. The minimum Gasteiger partial charge on any atom is -0.353 e. The molecule has 0 aliphatic heterocycles. The van der Waals surface area contributed by atoms with Gasteiger partial charge in [-0.25, -0.2) is 0 Å². The molecule has 0 aliphatic carbocycles. The number of nitrogens with two attached hydrogens (primary N) is 1. The van der Waals surface area contributed by atoms with E-state index in [0.717, 1.165) is 12.8 Å². The first-order valence-corrected chi connectivity index (χ1v) is 6.98. The summed E-state index contributed by atoms with van der Waals surface area (Å²) in [6.07, 6.45) is 1.64. The lowest BCUT2D eigenvalue weighted by Crippen LogP contribution is -2.47. The quantitative estimate of drug-likeness (QED) is 0.817. The summed E-state index contributed by atoms with van der Waals surface area (Å²) in [7, 11) is 0. The molecule has 1 aromatic heterocycles. The lowest BCUT2D eigenvalue weighted by molar-refractivity contribution is -0.130. The topological polar surface area (TPSA) is 55.1 Å². The molecule has 1 rings (SSSR count). The lowest BCUT2D eigenvalue weighted by atomic mass is 9.86. The van der Waals surface area contributed by atoms with Crippen molar-refractivity contribution in [3.8, 4) is 0 Å². The van der Waals surface area contributed by atoms with Gasteiger partial charge in [0.2, 0.25) is 5.91 Å². The van der Waals surface area contributed by atoms with Gasteiger partial charge in [0.25, 0.3) is 0 Å². The van der Waals surface area contributed by atoms with Gasteiger partial charge in [-0.1, -0.05) is 6.92 Å². The van der Waals surface area contributed by atoms with Crippen LogP contribution in [0, 0.1) is 5.41 Å². The molecular formula is C13H22N2OS. The van der Waals surface area contributed by atoms with Gasteiger partial charge < -0.3 is 11.1 Å². The molecule has 1 amide bonds. The number of thiophene rings is 1. The molecule has 2 unspecified atom stereocenters. The van der Waals surface area contributed by atoms with Gasteiger partial charge in [-0.05, 0) is 49.1 Å². The first kappa shape index (κ1) is 14.2. The van der Waals surface area contributed by atoms with Crippen LogP contribution in [-0.2, 0) is 11.2 Å². The van der Waals surface area contributed by atoms with Crippen LogP contribution in [0.1, 0.15) is 32.8 Å². The van der Waals surface area contributed by atoms with Crippen LogP contribution < -0.4 is 11.1 Å². The van der Waals surface area contributed by atoms with Gasteiger partial charge in [-0.2, -0.15) is 11.3 Å². The third-order valence-corrected chi connectivity index (χ3v) is 4.01. The highest BCUT2D eigenvalue weighted by atomic mass is 32.1. The molecule has 0 saturated carbocycles. The number of rotatable bonds is 6. The molecule has 0 aromatic carbocycles. The van der Waals surface area contributed by atoms with Crippen molar-refractivity contribution >= 4 is 17.2 Å². The van der Waals surface area contributed by atoms with E-state index in [1.165, 1.54) is 5.56 Å². The van der Waals surface area contributed by atoms with E-state index in [0.29, 0.717) is 6.54 Å². The van der Waals surface area contributed by atoms with Gasteiger partial charge in [0.15, 0.2) is 0 Å². The van der Waals surface area contributed by atoms with Crippen molar-refractivity contribution < 1.29 is 4.79 Å². The third kappa shape index (κ3) is 3.82. The molecule has 96 valence electrons. The average Bonchev–Trinajstić information content (AvgIpc) is 2.80. The maximum absolute atomic E-state index is 12.1. The summed E-state index contributed by atoms with van der Waals surface area (Å²) in [5.74, 6) is 0.0604. The van der Waals surface area contributed by atoms with Crippen molar-refractivity contribution in [3.05, 3.63) is 22.4 Å². The molecule has 4 heteroatoms. The van der Waals surface area contributed by atoms with E-state index < -0.39 is 5.41 Å². The maximum atomic E-state index is 12.1. The molecule has 17 heavy (non-hydrogen) atoms.